The molecule has 0 saturated carbocycles. The van der Waals surface area contributed by atoms with E-state index in [9.17, 15) is 4.79 Å². The van der Waals surface area contributed by atoms with Gasteiger partial charge in [0.05, 0.1) is 16.6 Å². The predicted octanol–water partition coefficient (Wildman–Crippen LogP) is 4.25. The molecule has 1 amide bonds. The molecule has 1 unspecified atom stereocenters. The SMILES string of the molecule is CNC(=O)c1cc(NC2CCCc3sccc32)ccc1Cl. The average Bonchev–Trinajstić information content (AvgIpc) is 2.98. The highest BCUT2D eigenvalue weighted by atomic mass is 35.5. The van der Waals surface area contributed by atoms with Gasteiger partial charge in [-0.3, -0.25) is 4.79 Å². The van der Waals surface area contributed by atoms with E-state index >= 15 is 0 Å². The highest BCUT2D eigenvalue weighted by molar-refractivity contribution is 7.10. The Kier molecular flexibility index (Phi) is 4.17. The summed E-state index contributed by atoms with van der Waals surface area (Å²) in [6.07, 6.45) is 3.48. The van der Waals surface area contributed by atoms with Crippen LogP contribution in [-0.2, 0) is 6.42 Å². The van der Waals surface area contributed by atoms with Crippen molar-refractivity contribution in [2.24, 2.45) is 0 Å². The van der Waals surface area contributed by atoms with Crippen molar-refractivity contribution in [3.05, 3.63) is 50.7 Å². The van der Waals surface area contributed by atoms with Crippen LogP contribution in [0.2, 0.25) is 5.02 Å². The summed E-state index contributed by atoms with van der Waals surface area (Å²) in [6, 6.07) is 8.04. The zero-order valence-corrected chi connectivity index (χ0v) is 13.4. The lowest BCUT2D eigenvalue weighted by Gasteiger charge is -2.25. The molecular formula is C16H17ClN2OS. The molecule has 110 valence electrons. The maximum atomic E-state index is 11.8. The first-order valence-electron chi connectivity index (χ1n) is 7.03. The maximum absolute atomic E-state index is 11.8. The quantitative estimate of drug-likeness (QED) is 0.887. The molecule has 1 heterocycles. The second kappa shape index (κ2) is 6.08. The molecule has 2 aromatic rings. The standard InChI is InChI=1S/C16H17ClN2OS/c1-18-16(20)12-9-10(5-6-13(12)17)19-14-3-2-4-15-11(14)7-8-21-15/h5-9,14,19H,2-4H2,1H3,(H,18,20). The minimum absolute atomic E-state index is 0.163. The number of amides is 1. The third kappa shape index (κ3) is 2.92. The number of rotatable bonds is 3. The van der Waals surface area contributed by atoms with Crippen LogP contribution < -0.4 is 10.6 Å². The predicted molar refractivity (Wildman–Crippen MR) is 88.5 cm³/mol. The van der Waals surface area contributed by atoms with Crippen molar-refractivity contribution < 1.29 is 4.79 Å². The molecule has 0 radical (unpaired) electrons. The van der Waals surface area contributed by atoms with E-state index in [2.05, 4.69) is 22.1 Å². The van der Waals surface area contributed by atoms with Crippen LogP contribution in [0.25, 0.3) is 0 Å². The highest BCUT2D eigenvalue weighted by Crippen LogP contribution is 2.36. The van der Waals surface area contributed by atoms with E-state index in [1.165, 1.54) is 23.3 Å². The van der Waals surface area contributed by atoms with Crippen LogP contribution in [0.5, 0.6) is 0 Å². The van der Waals surface area contributed by atoms with Crippen LogP contribution in [0.1, 0.15) is 39.7 Å². The molecule has 3 rings (SSSR count). The van der Waals surface area contributed by atoms with Crippen molar-refractivity contribution in [3.8, 4) is 0 Å². The zero-order chi connectivity index (χ0) is 14.8. The summed E-state index contributed by atoms with van der Waals surface area (Å²) in [7, 11) is 1.61. The van der Waals surface area contributed by atoms with Crippen LogP contribution in [0.4, 0.5) is 5.69 Å². The summed E-state index contributed by atoms with van der Waals surface area (Å²) in [5.74, 6) is -0.163. The molecule has 0 aliphatic heterocycles. The van der Waals surface area contributed by atoms with Gasteiger partial charge in [-0.05, 0) is 54.5 Å². The van der Waals surface area contributed by atoms with Gasteiger partial charge >= 0.3 is 0 Å². The van der Waals surface area contributed by atoms with Crippen LogP contribution in [0.3, 0.4) is 0 Å². The van der Waals surface area contributed by atoms with Gasteiger partial charge in [-0.25, -0.2) is 0 Å². The minimum atomic E-state index is -0.163. The van der Waals surface area contributed by atoms with E-state index < -0.39 is 0 Å². The molecule has 3 nitrogen and oxygen atoms in total. The highest BCUT2D eigenvalue weighted by Gasteiger charge is 2.21. The third-order valence-electron chi connectivity index (χ3n) is 3.83. The van der Waals surface area contributed by atoms with Gasteiger partial charge in [-0.1, -0.05) is 11.6 Å². The molecule has 1 aromatic heterocycles. The summed E-state index contributed by atoms with van der Waals surface area (Å²) in [4.78, 5) is 13.3. The largest absolute Gasteiger partial charge is 0.378 e. The van der Waals surface area contributed by atoms with Gasteiger partial charge in [-0.2, -0.15) is 0 Å². The summed E-state index contributed by atoms with van der Waals surface area (Å²) in [6.45, 7) is 0. The smallest absolute Gasteiger partial charge is 0.252 e. The first kappa shape index (κ1) is 14.4. The number of thiophene rings is 1. The lowest BCUT2D eigenvalue weighted by Crippen LogP contribution is -2.19. The fourth-order valence-corrected chi connectivity index (χ4v) is 3.95. The Bertz CT molecular complexity index is 668. The summed E-state index contributed by atoms with van der Waals surface area (Å²) < 4.78 is 0. The van der Waals surface area contributed by atoms with Gasteiger partial charge in [-0.15, -0.1) is 11.3 Å². The number of carbonyl (C=O) groups excluding carboxylic acids is 1. The topological polar surface area (TPSA) is 41.1 Å². The fraction of sp³-hybridized carbons (Fsp3) is 0.312. The second-order valence-electron chi connectivity index (χ2n) is 5.16. The Morgan fingerprint density at radius 1 is 1.38 bits per heavy atom. The van der Waals surface area contributed by atoms with Crippen molar-refractivity contribution >= 4 is 34.5 Å². The molecular weight excluding hydrogens is 304 g/mol. The Labute approximate surface area is 133 Å². The Morgan fingerprint density at radius 2 is 2.24 bits per heavy atom. The number of fused-ring (bicyclic) bond motifs is 1. The summed E-state index contributed by atoms with van der Waals surface area (Å²) in [5.41, 5.74) is 2.83. The molecule has 21 heavy (non-hydrogen) atoms. The monoisotopic (exact) mass is 320 g/mol. The normalized spacial score (nSPS) is 17.1. The van der Waals surface area contributed by atoms with Crippen molar-refractivity contribution in [1.82, 2.24) is 5.32 Å². The van der Waals surface area contributed by atoms with Gasteiger partial charge in [0.2, 0.25) is 0 Å². The lowest BCUT2D eigenvalue weighted by atomic mass is 9.94. The van der Waals surface area contributed by atoms with E-state index in [1.807, 2.05) is 23.5 Å². The van der Waals surface area contributed by atoms with Gasteiger partial charge in [0.25, 0.3) is 5.91 Å². The number of hydrogen-bond donors (Lipinski definition) is 2. The lowest BCUT2D eigenvalue weighted by molar-refractivity contribution is 0.0963. The molecule has 1 aliphatic rings. The average molecular weight is 321 g/mol. The number of anilines is 1. The number of halogens is 1. The number of carbonyl (C=O) groups is 1. The van der Waals surface area contributed by atoms with Gasteiger partial charge in [0.1, 0.15) is 0 Å². The Morgan fingerprint density at radius 3 is 3.05 bits per heavy atom. The summed E-state index contributed by atoms with van der Waals surface area (Å²) in [5, 5.41) is 8.78. The fourth-order valence-electron chi connectivity index (χ4n) is 2.76. The van der Waals surface area contributed by atoms with Crippen molar-refractivity contribution in [2.75, 3.05) is 12.4 Å². The van der Waals surface area contributed by atoms with E-state index in [-0.39, 0.29) is 5.91 Å². The van der Waals surface area contributed by atoms with Crippen molar-refractivity contribution in [2.45, 2.75) is 25.3 Å². The first-order chi connectivity index (χ1) is 10.2. The number of nitrogens with one attached hydrogen (secondary N) is 2. The van der Waals surface area contributed by atoms with Gasteiger partial charge in [0, 0.05) is 17.6 Å². The van der Waals surface area contributed by atoms with E-state index in [0.717, 1.165) is 12.1 Å². The Balaban J connectivity index is 1.85. The Hall–Kier alpha value is -1.52. The third-order valence-corrected chi connectivity index (χ3v) is 5.16. The van der Waals surface area contributed by atoms with Crippen LogP contribution in [-0.4, -0.2) is 13.0 Å². The summed E-state index contributed by atoms with van der Waals surface area (Å²) >= 11 is 7.92. The molecule has 5 heteroatoms. The first-order valence-corrected chi connectivity index (χ1v) is 8.29. The van der Waals surface area contributed by atoms with Crippen molar-refractivity contribution in [1.29, 1.82) is 0 Å². The van der Waals surface area contributed by atoms with E-state index in [0.29, 0.717) is 16.6 Å². The molecule has 1 atom stereocenters. The molecule has 2 N–H and O–H groups in total. The van der Waals surface area contributed by atoms with E-state index in [1.54, 1.807) is 13.1 Å². The maximum Gasteiger partial charge on any atom is 0.252 e. The van der Waals surface area contributed by atoms with Gasteiger partial charge in [0.15, 0.2) is 0 Å². The van der Waals surface area contributed by atoms with Crippen LogP contribution in [0, 0.1) is 0 Å². The number of aryl methyl sites for hydroxylation is 1. The zero-order valence-electron chi connectivity index (χ0n) is 11.8. The van der Waals surface area contributed by atoms with E-state index in [4.69, 9.17) is 11.6 Å². The molecule has 0 fully saturated rings. The molecule has 0 bridgehead atoms. The van der Waals surface area contributed by atoms with Crippen molar-refractivity contribution in [3.63, 3.8) is 0 Å². The number of hydrogen-bond acceptors (Lipinski definition) is 3. The molecule has 0 spiro atoms. The molecule has 1 aromatic carbocycles. The second-order valence-corrected chi connectivity index (χ2v) is 6.57. The van der Waals surface area contributed by atoms with Crippen LogP contribution >= 0.6 is 22.9 Å². The molecule has 0 saturated heterocycles. The van der Waals surface area contributed by atoms with Crippen LogP contribution in [0.15, 0.2) is 29.6 Å². The van der Waals surface area contributed by atoms with Gasteiger partial charge < -0.3 is 10.6 Å². The minimum Gasteiger partial charge on any atom is -0.378 e. The molecule has 1 aliphatic carbocycles. The number of benzene rings is 1.